The van der Waals surface area contributed by atoms with Crippen molar-refractivity contribution in [3.05, 3.63) is 146 Å². The van der Waals surface area contributed by atoms with Gasteiger partial charge in [0.05, 0.1) is 0 Å². The summed E-state index contributed by atoms with van der Waals surface area (Å²) >= 11 is 0. The minimum atomic E-state index is -0.806. The van der Waals surface area contributed by atoms with E-state index in [1.165, 1.54) is 57.8 Å². The van der Waals surface area contributed by atoms with E-state index in [1.54, 1.807) is 0 Å². The fourth-order valence-electron chi connectivity index (χ4n) is 7.80. The fourth-order valence-corrected chi connectivity index (χ4v) is 7.80. The van der Waals surface area contributed by atoms with Gasteiger partial charge in [-0.1, -0.05) is 256 Å². The van der Waals surface area contributed by atoms with Gasteiger partial charge >= 0.3 is 17.9 Å². The van der Waals surface area contributed by atoms with E-state index in [4.69, 9.17) is 14.2 Å². The highest BCUT2D eigenvalue weighted by Gasteiger charge is 2.19. The zero-order valence-corrected chi connectivity index (χ0v) is 48.3. The first-order chi connectivity index (χ1) is 37.0. The fraction of sp³-hybridized carbons (Fsp3) is 0.609. The lowest BCUT2D eigenvalue weighted by atomic mass is 10.1. The number of unbranched alkanes of at least 4 members (excludes halogenated alkanes) is 18. The molecule has 0 aromatic rings. The molecule has 0 aromatic carbocycles. The molecular weight excluding hydrogens is 925 g/mol. The molecule has 0 spiro atoms. The van der Waals surface area contributed by atoms with Gasteiger partial charge in [0.2, 0.25) is 0 Å². The van der Waals surface area contributed by atoms with Crippen LogP contribution in [0, 0.1) is 0 Å². The van der Waals surface area contributed by atoms with Crippen LogP contribution >= 0.6 is 0 Å². The second kappa shape index (κ2) is 61.8. The van der Waals surface area contributed by atoms with Crippen LogP contribution in [-0.2, 0) is 28.6 Å². The predicted octanol–water partition coefficient (Wildman–Crippen LogP) is 20.8. The smallest absolute Gasteiger partial charge is 0.306 e. The zero-order valence-electron chi connectivity index (χ0n) is 48.3. The Morgan fingerprint density at radius 1 is 0.280 bits per heavy atom. The number of ether oxygens (including phenoxy) is 3. The van der Waals surface area contributed by atoms with Crippen molar-refractivity contribution in [3.63, 3.8) is 0 Å². The van der Waals surface area contributed by atoms with Gasteiger partial charge in [0.15, 0.2) is 6.10 Å². The lowest BCUT2D eigenvalue weighted by Gasteiger charge is -2.18. The summed E-state index contributed by atoms with van der Waals surface area (Å²) in [7, 11) is 0. The SMILES string of the molecule is CC/C=C\C/C=C\C/C=C\C/C=C\C/C=C\C/C=C\C/C=C\C/C=C\C/C=C\C/C=C\CCCCC(=O)OCC(COC(=O)CCCCCCCCCCCCC)OC(=O)CCCCCCC/C=C\C/C=C\CCC. The van der Waals surface area contributed by atoms with Gasteiger partial charge in [-0.2, -0.15) is 0 Å². The number of rotatable bonds is 53. The summed E-state index contributed by atoms with van der Waals surface area (Å²) in [6, 6.07) is 0. The summed E-state index contributed by atoms with van der Waals surface area (Å²) in [5, 5.41) is 0. The molecule has 0 rings (SSSR count). The molecule has 1 atom stereocenters. The van der Waals surface area contributed by atoms with E-state index in [1.807, 2.05) is 0 Å². The Bertz CT molecular complexity index is 1660. The first-order valence-corrected chi connectivity index (χ1v) is 30.3. The normalized spacial score (nSPS) is 13.2. The average Bonchev–Trinajstić information content (AvgIpc) is 3.41. The highest BCUT2D eigenvalue weighted by molar-refractivity contribution is 5.71. The van der Waals surface area contributed by atoms with Crippen LogP contribution in [0.15, 0.2) is 146 Å². The van der Waals surface area contributed by atoms with E-state index >= 15 is 0 Å². The van der Waals surface area contributed by atoms with Crippen LogP contribution < -0.4 is 0 Å². The number of esters is 3. The highest BCUT2D eigenvalue weighted by Crippen LogP contribution is 2.14. The van der Waals surface area contributed by atoms with Crippen LogP contribution in [0.25, 0.3) is 0 Å². The molecule has 0 saturated carbocycles. The van der Waals surface area contributed by atoms with Crippen molar-refractivity contribution in [1.29, 1.82) is 0 Å². The van der Waals surface area contributed by atoms with Crippen molar-refractivity contribution >= 4 is 17.9 Å². The molecule has 0 amide bonds. The lowest BCUT2D eigenvalue weighted by molar-refractivity contribution is -0.167. The third-order valence-corrected chi connectivity index (χ3v) is 12.3. The first-order valence-electron chi connectivity index (χ1n) is 30.3. The van der Waals surface area contributed by atoms with Gasteiger partial charge in [0.1, 0.15) is 13.2 Å². The lowest BCUT2D eigenvalue weighted by Crippen LogP contribution is -2.30. The van der Waals surface area contributed by atoms with E-state index in [2.05, 4.69) is 167 Å². The van der Waals surface area contributed by atoms with Crippen molar-refractivity contribution in [3.8, 4) is 0 Å². The zero-order chi connectivity index (χ0) is 54.3. The van der Waals surface area contributed by atoms with Crippen molar-refractivity contribution < 1.29 is 28.6 Å². The van der Waals surface area contributed by atoms with E-state index in [0.29, 0.717) is 25.7 Å². The predicted molar refractivity (Wildman–Crippen MR) is 325 cm³/mol. The molecule has 0 fully saturated rings. The second-order valence-electron chi connectivity index (χ2n) is 19.5. The molecule has 0 aliphatic carbocycles. The number of hydrogen-bond donors (Lipinski definition) is 0. The Hall–Kier alpha value is -4.71. The quantitative estimate of drug-likeness (QED) is 0.0261. The second-order valence-corrected chi connectivity index (χ2v) is 19.5. The summed E-state index contributed by atoms with van der Waals surface area (Å²) in [6.07, 6.45) is 88.6. The number of hydrogen-bond acceptors (Lipinski definition) is 6. The molecule has 0 aromatic heterocycles. The van der Waals surface area contributed by atoms with Gasteiger partial charge in [-0.15, -0.1) is 0 Å². The molecule has 6 heteroatoms. The van der Waals surface area contributed by atoms with Crippen molar-refractivity contribution in [2.24, 2.45) is 0 Å². The molecule has 75 heavy (non-hydrogen) atoms. The van der Waals surface area contributed by atoms with Gasteiger partial charge in [0, 0.05) is 19.3 Å². The van der Waals surface area contributed by atoms with Crippen LogP contribution in [0.4, 0.5) is 0 Å². The maximum absolute atomic E-state index is 12.8. The van der Waals surface area contributed by atoms with Crippen LogP contribution in [0.1, 0.15) is 252 Å². The first kappa shape index (κ1) is 70.3. The van der Waals surface area contributed by atoms with Crippen molar-refractivity contribution in [2.45, 2.75) is 258 Å². The Morgan fingerprint density at radius 3 is 0.893 bits per heavy atom. The van der Waals surface area contributed by atoms with Crippen LogP contribution in [0.3, 0.4) is 0 Å². The third kappa shape index (κ3) is 60.0. The molecule has 0 saturated heterocycles. The van der Waals surface area contributed by atoms with E-state index in [0.717, 1.165) is 148 Å². The van der Waals surface area contributed by atoms with Gasteiger partial charge in [-0.3, -0.25) is 14.4 Å². The van der Waals surface area contributed by atoms with E-state index < -0.39 is 6.10 Å². The molecule has 0 bridgehead atoms. The summed E-state index contributed by atoms with van der Waals surface area (Å²) < 4.78 is 16.8. The minimum absolute atomic E-state index is 0.100. The Labute approximate surface area is 461 Å². The average molecular weight is 1040 g/mol. The molecule has 0 radical (unpaired) electrons. The monoisotopic (exact) mass is 1030 g/mol. The molecule has 0 aliphatic rings. The van der Waals surface area contributed by atoms with Crippen LogP contribution in [-0.4, -0.2) is 37.2 Å². The Kier molecular flexibility index (Phi) is 58.0. The molecule has 0 heterocycles. The summed E-state index contributed by atoms with van der Waals surface area (Å²) in [5.74, 6) is -0.966. The maximum atomic E-state index is 12.8. The summed E-state index contributed by atoms with van der Waals surface area (Å²) in [5.41, 5.74) is 0. The van der Waals surface area contributed by atoms with Gasteiger partial charge in [-0.05, 0) is 122 Å². The molecule has 0 aliphatic heterocycles. The van der Waals surface area contributed by atoms with Gasteiger partial charge in [-0.25, -0.2) is 0 Å². The Balaban J connectivity index is 4.33. The molecule has 1 unspecified atom stereocenters. The van der Waals surface area contributed by atoms with Crippen molar-refractivity contribution in [1.82, 2.24) is 0 Å². The summed E-state index contributed by atoms with van der Waals surface area (Å²) in [4.78, 5) is 38.1. The number of carbonyl (C=O) groups is 3. The highest BCUT2D eigenvalue weighted by atomic mass is 16.6. The molecule has 6 nitrogen and oxygen atoms in total. The van der Waals surface area contributed by atoms with Crippen LogP contribution in [0.2, 0.25) is 0 Å². The van der Waals surface area contributed by atoms with Gasteiger partial charge < -0.3 is 14.2 Å². The minimum Gasteiger partial charge on any atom is -0.462 e. The number of carbonyl (C=O) groups excluding carboxylic acids is 3. The topological polar surface area (TPSA) is 78.9 Å². The van der Waals surface area contributed by atoms with E-state index in [9.17, 15) is 14.4 Å². The van der Waals surface area contributed by atoms with Crippen molar-refractivity contribution in [2.75, 3.05) is 13.2 Å². The molecular formula is C69H110O6. The van der Waals surface area contributed by atoms with Gasteiger partial charge in [0.25, 0.3) is 0 Å². The summed E-state index contributed by atoms with van der Waals surface area (Å²) in [6.45, 7) is 6.39. The standard InChI is InChI=1S/C69H110O6/c1-4-7-10-13-16-19-22-24-25-26-27-28-29-30-31-32-33-34-35-36-37-38-39-40-41-42-43-45-47-50-53-56-59-62-68(71)74-65-66(64-73-67(70)61-58-55-52-49-46-21-18-15-12-9-6-3)75-69(72)63-60-57-54-51-48-44-23-20-17-14-11-8-5-2/h7,10-11,14,16,19-20,23-25,27-28,30-31,33-34,36-37,39-40,42-43,47,50,66H,4-6,8-9,12-13,15,17-18,21-22,26,29,32,35,38,41,44-46,48-49,51-65H2,1-3H3/b10-7-,14-11-,19-16-,23-20-,25-24-,28-27-,31-30-,34-33-,37-36-,40-39-,43-42-,50-47-. The molecule has 0 N–H and O–H groups in total. The Morgan fingerprint density at radius 2 is 0.547 bits per heavy atom. The number of allylic oxidation sites excluding steroid dienone is 24. The largest absolute Gasteiger partial charge is 0.462 e. The molecule has 422 valence electrons. The third-order valence-electron chi connectivity index (χ3n) is 12.3. The van der Waals surface area contributed by atoms with E-state index in [-0.39, 0.29) is 31.1 Å². The van der Waals surface area contributed by atoms with Crippen LogP contribution in [0.5, 0.6) is 0 Å². The maximum Gasteiger partial charge on any atom is 0.306 e.